The molecule has 0 spiro atoms. The third kappa shape index (κ3) is 5.52. The van der Waals surface area contributed by atoms with Gasteiger partial charge in [0.05, 0.1) is 6.07 Å². The smallest absolute Gasteiger partial charge is 0.242 e. The van der Waals surface area contributed by atoms with Crippen molar-refractivity contribution in [3.8, 4) is 6.07 Å². The number of nitriles is 1. The molecule has 29 heavy (non-hydrogen) atoms. The summed E-state index contributed by atoms with van der Waals surface area (Å²) in [6, 6.07) is 21.6. The molecule has 1 aliphatic heterocycles. The summed E-state index contributed by atoms with van der Waals surface area (Å²) in [7, 11) is 1.70. The van der Waals surface area contributed by atoms with Crippen molar-refractivity contribution in [3.63, 3.8) is 0 Å². The minimum atomic E-state index is -0.911. The van der Waals surface area contributed by atoms with E-state index in [0.717, 1.165) is 17.7 Å². The summed E-state index contributed by atoms with van der Waals surface area (Å²) in [5, 5.41) is 14.7. The Morgan fingerprint density at radius 2 is 1.86 bits per heavy atom. The number of amides is 2. The van der Waals surface area contributed by atoms with E-state index in [1.165, 1.54) is 11.8 Å². The van der Waals surface area contributed by atoms with Gasteiger partial charge in [-0.2, -0.15) is 5.26 Å². The highest BCUT2D eigenvalue weighted by Crippen LogP contribution is 2.30. The van der Waals surface area contributed by atoms with E-state index in [4.69, 9.17) is 0 Å². The first-order valence-electron chi connectivity index (χ1n) is 9.52. The summed E-state index contributed by atoms with van der Waals surface area (Å²) in [6.07, 6.45) is 0.717. The SMILES string of the molecule is CN(CCc1ccccc1)C(=O)[C@@H](C#N)C1NC(=O)[C@@H](CNc2ccccc2)S1. The Balaban J connectivity index is 1.54. The largest absolute Gasteiger partial charge is 0.383 e. The quantitative estimate of drug-likeness (QED) is 0.701. The number of likely N-dealkylation sites (N-methyl/N-ethyl adjacent to an activating group) is 1. The normalized spacial score (nSPS) is 19.1. The van der Waals surface area contributed by atoms with E-state index in [2.05, 4.69) is 16.7 Å². The highest BCUT2D eigenvalue weighted by Gasteiger charge is 2.41. The van der Waals surface area contributed by atoms with Gasteiger partial charge in [0, 0.05) is 25.8 Å². The molecule has 7 heteroatoms. The molecule has 1 heterocycles. The first kappa shape index (κ1) is 20.7. The summed E-state index contributed by atoms with van der Waals surface area (Å²) in [6.45, 7) is 0.957. The summed E-state index contributed by atoms with van der Waals surface area (Å²) in [5.74, 6) is -1.33. The number of carbonyl (C=O) groups excluding carboxylic acids is 2. The minimum absolute atomic E-state index is 0.150. The fraction of sp³-hybridized carbons (Fsp3) is 0.318. The number of carbonyl (C=O) groups is 2. The van der Waals surface area contributed by atoms with Crippen LogP contribution < -0.4 is 10.6 Å². The van der Waals surface area contributed by atoms with Crippen molar-refractivity contribution in [2.24, 2.45) is 5.92 Å². The van der Waals surface area contributed by atoms with Crippen molar-refractivity contribution in [3.05, 3.63) is 66.2 Å². The molecule has 6 nitrogen and oxygen atoms in total. The van der Waals surface area contributed by atoms with Gasteiger partial charge in [-0.25, -0.2) is 0 Å². The molecule has 0 aliphatic carbocycles. The van der Waals surface area contributed by atoms with Crippen LogP contribution >= 0.6 is 11.8 Å². The highest BCUT2D eigenvalue weighted by molar-refractivity contribution is 8.01. The minimum Gasteiger partial charge on any atom is -0.383 e. The molecule has 3 rings (SSSR count). The second kappa shape index (κ2) is 9.99. The molecule has 2 amide bonds. The maximum absolute atomic E-state index is 12.8. The third-order valence-electron chi connectivity index (χ3n) is 4.82. The number of rotatable bonds is 8. The van der Waals surface area contributed by atoms with Crippen LogP contribution in [-0.2, 0) is 16.0 Å². The molecule has 0 bridgehead atoms. The summed E-state index contributed by atoms with van der Waals surface area (Å²) >= 11 is 1.34. The van der Waals surface area contributed by atoms with Gasteiger partial charge >= 0.3 is 0 Å². The van der Waals surface area contributed by atoms with Gasteiger partial charge in [-0.3, -0.25) is 9.59 Å². The summed E-state index contributed by atoms with van der Waals surface area (Å²) in [5.41, 5.74) is 2.06. The number of anilines is 1. The fourth-order valence-electron chi connectivity index (χ4n) is 3.12. The fourth-order valence-corrected chi connectivity index (χ4v) is 4.36. The van der Waals surface area contributed by atoms with Gasteiger partial charge in [-0.15, -0.1) is 11.8 Å². The topological polar surface area (TPSA) is 85.2 Å². The van der Waals surface area contributed by atoms with Gasteiger partial charge in [0.25, 0.3) is 0 Å². The lowest BCUT2D eigenvalue weighted by atomic mass is 10.1. The van der Waals surface area contributed by atoms with E-state index < -0.39 is 11.3 Å². The van der Waals surface area contributed by atoms with Crippen molar-refractivity contribution in [2.45, 2.75) is 17.0 Å². The lowest BCUT2D eigenvalue weighted by Gasteiger charge is -2.23. The highest BCUT2D eigenvalue weighted by atomic mass is 32.2. The first-order chi connectivity index (χ1) is 14.1. The summed E-state index contributed by atoms with van der Waals surface area (Å²) < 4.78 is 0. The lowest BCUT2D eigenvalue weighted by Crippen LogP contribution is -2.42. The van der Waals surface area contributed by atoms with E-state index in [9.17, 15) is 14.9 Å². The van der Waals surface area contributed by atoms with Crippen LogP contribution in [0.25, 0.3) is 0 Å². The van der Waals surface area contributed by atoms with Crippen LogP contribution in [-0.4, -0.2) is 47.5 Å². The van der Waals surface area contributed by atoms with Crippen molar-refractivity contribution >= 4 is 29.3 Å². The predicted molar refractivity (Wildman–Crippen MR) is 115 cm³/mol. The number of benzene rings is 2. The molecule has 0 radical (unpaired) electrons. The molecule has 3 atom stereocenters. The molecule has 0 aromatic heterocycles. The maximum atomic E-state index is 12.8. The molecule has 1 saturated heterocycles. The van der Waals surface area contributed by atoms with E-state index in [-0.39, 0.29) is 17.1 Å². The Labute approximate surface area is 175 Å². The molecule has 2 aromatic rings. The van der Waals surface area contributed by atoms with Gasteiger partial charge < -0.3 is 15.5 Å². The maximum Gasteiger partial charge on any atom is 0.242 e. The number of nitrogens with one attached hydrogen (secondary N) is 2. The van der Waals surface area contributed by atoms with E-state index >= 15 is 0 Å². The Kier molecular flexibility index (Phi) is 7.14. The third-order valence-corrected chi connectivity index (χ3v) is 6.21. The van der Waals surface area contributed by atoms with Crippen molar-refractivity contribution in [1.82, 2.24) is 10.2 Å². The zero-order chi connectivity index (χ0) is 20.6. The monoisotopic (exact) mass is 408 g/mol. The molecule has 0 saturated carbocycles. The Hall–Kier alpha value is -2.98. The molecule has 1 aliphatic rings. The van der Waals surface area contributed by atoms with Crippen molar-refractivity contribution in [1.29, 1.82) is 5.26 Å². The van der Waals surface area contributed by atoms with E-state index in [1.54, 1.807) is 11.9 Å². The second-order valence-electron chi connectivity index (χ2n) is 6.90. The second-order valence-corrected chi connectivity index (χ2v) is 8.25. The predicted octanol–water partition coefficient (Wildman–Crippen LogP) is 2.50. The van der Waals surface area contributed by atoms with Gasteiger partial charge in [-0.05, 0) is 24.1 Å². The molecule has 1 fully saturated rings. The van der Waals surface area contributed by atoms with Crippen LogP contribution in [0.1, 0.15) is 5.56 Å². The van der Waals surface area contributed by atoms with E-state index in [0.29, 0.717) is 13.1 Å². The number of hydrogen-bond acceptors (Lipinski definition) is 5. The molecule has 2 N–H and O–H groups in total. The molecule has 2 aromatic carbocycles. The Morgan fingerprint density at radius 3 is 2.52 bits per heavy atom. The number of para-hydroxylation sites is 1. The number of nitrogens with zero attached hydrogens (tertiary/aromatic N) is 2. The molecule has 1 unspecified atom stereocenters. The Morgan fingerprint density at radius 1 is 1.21 bits per heavy atom. The van der Waals surface area contributed by atoms with Crippen LogP contribution in [0.5, 0.6) is 0 Å². The van der Waals surface area contributed by atoms with Gasteiger partial charge in [0.15, 0.2) is 5.92 Å². The van der Waals surface area contributed by atoms with Crippen LogP contribution in [0.2, 0.25) is 0 Å². The van der Waals surface area contributed by atoms with Crippen LogP contribution in [0.3, 0.4) is 0 Å². The van der Waals surface area contributed by atoms with Crippen LogP contribution in [0.4, 0.5) is 5.69 Å². The van der Waals surface area contributed by atoms with Crippen LogP contribution in [0, 0.1) is 17.2 Å². The van der Waals surface area contributed by atoms with E-state index in [1.807, 2.05) is 60.7 Å². The van der Waals surface area contributed by atoms with Gasteiger partial charge in [0.2, 0.25) is 11.8 Å². The van der Waals surface area contributed by atoms with Gasteiger partial charge in [0.1, 0.15) is 10.6 Å². The van der Waals surface area contributed by atoms with Crippen molar-refractivity contribution < 1.29 is 9.59 Å². The zero-order valence-electron chi connectivity index (χ0n) is 16.2. The Bertz CT molecular complexity index is 869. The van der Waals surface area contributed by atoms with Crippen molar-refractivity contribution in [2.75, 3.05) is 25.5 Å². The first-order valence-corrected chi connectivity index (χ1v) is 10.5. The van der Waals surface area contributed by atoms with Gasteiger partial charge in [-0.1, -0.05) is 48.5 Å². The average Bonchev–Trinajstić information content (AvgIpc) is 3.12. The molecule has 150 valence electrons. The number of hydrogen-bond donors (Lipinski definition) is 2. The zero-order valence-corrected chi connectivity index (χ0v) is 17.1. The average molecular weight is 409 g/mol. The molecular weight excluding hydrogens is 384 g/mol. The molecular formula is C22H24N4O2S. The summed E-state index contributed by atoms with van der Waals surface area (Å²) in [4.78, 5) is 26.7. The number of thioether (sulfide) groups is 1. The van der Waals surface area contributed by atoms with Crippen LogP contribution in [0.15, 0.2) is 60.7 Å². The standard InChI is InChI=1S/C22H24N4O2S/c1-26(13-12-16-8-4-2-5-9-16)22(28)18(14-23)21-25-20(27)19(29-21)15-24-17-10-6-3-7-11-17/h2-11,18-19,21,24H,12-13,15H2,1H3,(H,25,27)/t18-,19+,21?/m0/s1. The lowest BCUT2D eigenvalue weighted by molar-refractivity contribution is -0.132.